The molecule has 0 fully saturated rings. The molecule has 30 heavy (non-hydrogen) atoms. The van der Waals surface area contributed by atoms with Gasteiger partial charge < -0.3 is 9.47 Å². The summed E-state index contributed by atoms with van der Waals surface area (Å²) in [6, 6.07) is 17.5. The van der Waals surface area contributed by atoms with Gasteiger partial charge in [0.15, 0.2) is 5.12 Å². The molecule has 6 heteroatoms. The van der Waals surface area contributed by atoms with Crippen molar-refractivity contribution in [3.8, 4) is 0 Å². The van der Waals surface area contributed by atoms with Crippen LogP contribution in [0.15, 0.2) is 54.6 Å². The maximum atomic E-state index is 13.2. The predicted octanol–water partition coefficient (Wildman–Crippen LogP) is 5.61. The lowest BCUT2D eigenvalue weighted by Gasteiger charge is -2.30. The van der Waals surface area contributed by atoms with Gasteiger partial charge in [0.25, 0.3) is 0 Å². The number of carbonyl (C=O) groups excluding carboxylic acids is 2. The monoisotopic (exact) mass is 540 g/mol. The number of rotatable bonds is 10. The van der Waals surface area contributed by atoms with Crippen LogP contribution in [0, 0.1) is 8.99 Å². The number of benzene rings is 2. The molecule has 0 saturated heterocycles. The van der Waals surface area contributed by atoms with Crippen molar-refractivity contribution in [3.63, 3.8) is 0 Å². The summed E-state index contributed by atoms with van der Waals surface area (Å²) in [6.45, 7) is 8.41. The van der Waals surface area contributed by atoms with E-state index in [0.29, 0.717) is 12.4 Å². The van der Waals surface area contributed by atoms with Gasteiger partial charge in [-0.15, -0.1) is 0 Å². The summed E-state index contributed by atoms with van der Waals surface area (Å²) >= 11 is 3.53. The van der Waals surface area contributed by atoms with Gasteiger partial charge in [-0.1, -0.05) is 68.1 Å². The number of hydrogen-bond donors (Lipinski definition) is 0. The Labute approximate surface area is 197 Å². The summed E-state index contributed by atoms with van der Waals surface area (Å²) in [5.74, 6) is 0.352. The van der Waals surface area contributed by atoms with Gasteiger partial charge in [0, 0.05) is 16.2 Å². The molecule has 0 heterocycles. The van der Waals surface area contributed by atoms with E-state index in [4.69, 9.17) is 9.47 Å². The van der Waals surface area contributed by atoms with E-state index in [1.807, 2.05) is 61.5 Å². The Bertz CT molecular complexity index is 853. The van der Waals surface area contributed by atoms with Crippen molar-refractivity contribution in [2.24, 2.45) is 5.41 Å². The molecule has 0 saturated carbocycles. The summed E-state index contributed by atoms with van der Waals surface area (Å²) in [4.78, 5) is 24.4. The zero-order valence-corrected chi connectivity index (χ0v) is 20.9. The largest absolute Gasteiger partial charge is 0.460 e. The highest BCUT2D eigenvalue weighted by Gasteiger charge is 2.38. The third-order valence-electron chi connectivity index (χ3n) is 4.67. The lowest BCUT2D eigenvalue weighted by Crippen LogP contribution is -2.40. The van der Waals surface area contributed by atoms with Crippen molar-refractivity contribution in [1.29, 1.82) is 0 Å². The van der Waals surface area contributed by atoms with Crippen LogP contribution in [-0.4, -0.2) is 30.1 Å². The molecule has 0 aliphatic carbocycles. The molecule has 0 amide bonds. The van der Waals surface area contributed by atoms with Crippen molar-refractivity contribution >= 4 is 45.4 Å². The van der Waals surface area contributed by atoms with Gasteiger partial charge in [0.05, 0.1) is 13.2 Å². The molecule has 0 aromatic heterocycles. The van der Waals surface area contributed by atoms with Crippen LogP contribution in [0.2, 0.25) is 0 Å². The second kappa shape index (κ2) is 11.3. The number of esters is 1. The van der Waals surface area contributed by atoms with Crippen LogP contribution >= 0.6 is 34.4 Å². The standard InChI is InChI=1S/C24H29IO4S/c1-18(26)30-17-23(2,3)15-28-16-24(4,20-11-8-12-21(25)13-20)22(27)29-14-19-9-6-5-7-10-19/h5-13H,14-17H2,1-4H3. The summed E-state index contributed by atoms with van der Waals surface area (Å²) in [7, 11) is 0. The maximum absolute atomic E-state index is 13.2. The molecule has 0 aliphatic rings. The third-order valence-corrected chi connectivity index (χ3v) is 6.68. The van der Waals surface area contributed by atoms with Gasteiger partial charge in [-0.3, -0.25) is 9.59 Å². The lowest BCUT2D eigenvalue weighted by molar-refractivity contribution is -0.154. The van der Waals surface area contributed by atoms with E-state index in [1.54, 1.807) is 6.92 Å². The van der Waals surface area contributed by atoms with Gasteiger partial charge in [-0.2, -0.15) is 0 Å². The molecular formula is C24H29IO4S. The number of thioether (sulfide) groups is 1. The van der Waals surface area contributed by atoms with Crippen LogP contribution in [0.25, 0.3) is 0 Å². The number of halogens is 1. The molecule has 0 bridgehead atoms. The first-order valence-corrected chi connectivity index (χ1v) is 11.9. The molecule has 1 atom stereocenters. The normalized spacial score (nSPS) is 13.5. The SMILES string of the molecule is CC(=O)SCC(C)(C)COCC(C)(C(=O)OCc1ccccc1)c1cccc(I)c1. The van der Waals surface area contributed by atoms with Crippen molar-refractivity contribution in [2.75, 3.05) is 19.0 Å². The van der Waals surface area contributed by atoms with Crippen LogP contribution < -0.4 is 0 Å². The summed E-state index contributed by atoms with van der Waals surface area (Å²) in [5, 5.41) is 0.0938. The third kappa shape index (κ3) is 7.71. The van der Waals surface area contributed by atoms with E-state index in [0.717, 1.165) is 14.7 Å². The highest BCUT2D eigenvalue weighted by atomic mass is 127. The molecule has 0 spiro atoms. The Hall–Kier alpha value is -1.38. The van der Waals surface area contributed by atoms with Gasteiger partial charge in [-0.25, -0.2) is 0 Å². The summed E-state index contributed by atoms with van der Waals surface area (Å²) in [6.07, 6.45) is 0. The molecule has 1 unspecified atom stereocenters. The minimum Gasteiger partial charge on any atom is -0.460 e. The fourth-order valence-electron chi connectivity index (χ4n) is 2.84. The molecular weight excluding hydrogens is 511 g/mol. The number of carbonyl (C=O) groups is 2. The van der Waals surface area contributed by atoms with E-state index >= 15 is 0 Å². The van der Waals surface area contributed by atoms with Crippen molar-refractivity contribution in [3.05, 3.63) is 69.3 Å². The first kappa shape index (κ1) is 24.9. The van der Waals surface area contributed by atoms with E-state index in [9.17, 15) is 9.59 Å². The van der Waals surface area contributed by atoms with Crippen molar-refractivity contribution < 1.29 is 19.1 Å². The minimum atomic E-state index is -0.931. The fourth-order valence-corrected chi connectivity index (χ4v) is 4.06. The van der Waals surface area contributed by atoms with E-state index in [2.05, 4.69) is 36.4 Å². The van der Waals surface area contributed by atoms with E-state index < -0.39 is 5.41 Å². The first-order chi connectivity index (χ1) is 14.1. The predicted molar refractivity (Wildman–Crippen MR) is 130 cm³/mol. The zero-order valence-electron chi connectivity index (χ0n) is 17.9. The molecule has 0 radical (unpaired) electrons. The molecule has 0 aliphatic heterocycles. The number of ether oxygens (including phenoxy) is 2. The summed E-state index contributed by atoms with van der Waals surface area (Å²) < 4.78 is 12.8. The van der Waals surface area contributed by atoms with Gasteiger partial charge >= 0.3 is 5.97 Å². The first-order valence-electron chi connectivity index (χ1n) is 9.81. The van der Waals surface area contributed by atoms with Crippen LogP contribution in [0.5, 0.6) is 0 Å². The van der Waals surface area contributed by atoms with Crippen molar-refractivity contribution in [2.45, 2.75) is 39.7 Å². The Kier molecular flexibility index (Phi) is 9.37. The average Bonchev–Trinajstić information content (AvgIpc) is 2.71. The second-order valence-corrected chi connectivity index (χ2v) is 10.7. The average molecular weight is 540 g/mol. The van der Waals surface area contributed by atoms with Gasteiger partial charge in [0.1, 0.15) is 12.0 Å². The Morgan fingerprint density at radius 2 is 1.70 bits per heavy atom. The van der Waals surface area contributed by atoms with E-state index in [-0.39, 0.29) is 29.7 Å². The lowest BCUT2D eigenvalue weighted by atomic mass is 9.83. The van der Waals surface area contributed by atoms with Gasteiger partial charge in [0.2, 0.25) is 0 Å². The van der Waals surface area contributed by atoms with Crippen LogP contribution in [-0.2, 0) is 31.1 Å². The quantitative estimate of drug-likeness (QED) is 0.290. The smallest absolute Gasteiger partial charge is 0.318 e. The van der Waals surface area contributed by atoms with Crippen LogP contribution in [0.3, 0.4) is 0 Å². The summed E-state index contributed by atoms with van der Waals surface area (Å²) in [5.41, 5.74) is 0.693. The van der Waals surface area contributed by atoms with Crippen molar-refractivity contribution in [1.82, 2.24) is 0 Å². The molecule has 162 valence electrons. The molecule has 4 nitrogen and oxygen atoms in total. The Balaban J connectivity index is 2.11. The van der Waals surface area contributed by atoms with Crippen LogP contribution in [0.4, 0.5) is 0 Å². The van der Waals surface area contributed by atoms with Crippen LogP contribution in [0.1, 0.15) is 38.8 Å². The highest BCUT2D eigenvalue weighted by Crippen LogP contribution is 2.30. The highest BCUT2D eigenvalue weighted by molar-refractivity contribution is 14.1. The second-order valence-electron chi connectivity index (χ2n) is 8.34. The molecule has 2 aromatic carbocycles. The van der Waals surface area contributed by atoms with Gasteiger partial charge in [-0.05, 0) is 58.2 Å². The zero-order chi connectivity index (χ0) is 22.2. The topological polar surface area (TPSA) is 52.6 Å². The Morgan fingerprint density at radius 3 is 2.33 bits per heavy atom. The van der Waals surface area contributed by atoms with E-state index in [1.165, 1.54) is 11.8 Å². The molecule has 2 aromatic rings. The molecule has 0 N–H and O–H groups in total. The molecule has 2 rings (SSSR count). The Morgan fingerprint density at radius 1 is 1.00 bits per heavy atom. The maximum Gasteiger partial charge on any atom is 0.318 e. The number of hydrogen-bond acceptors (Lipinski definition) is 5. The fraction of sp³-hybridized carbons (Fsp3) is 0.417. The minimum absolute atomic E-state index is 0.0938.